The van der Waals surface area contributed by atoms with Crippen LogP contribution in [0.25, 0.3) is 0 Å². The molecule has 10 nitrogen and oxygen atoms in total. The van der Waals surface area contributed by atoms with Crippen molar-refractivity contribution in [3.05, 3.63) is 131 Å². The van der Waals surface area contributed by atoms with E-state index < -0.39 is 11.9 Å². The summed E-state index contributed by atoms with van der Waals surface area (Å²) in [5, 5.41) is 8.28. The maximum Gasteiger partial charge on any atom is 0.365 e. The van der Waals surface area contributed by atoms with Gasteiger partial charge in [0.15, 0.2) is 0 Å². The number of nitrogens with zero attached hydrogens (tertiary/aromatic N) is 2. The molecule has 4 aromatic rings. The van der Waals surface area contributed by atoms with Crippen LogP contribution in [-0.4, -0.2) is 48.1 Å². The Morgan fingerprint density at radius 3 is 1.21 bits per heavy atom. The van der Waals surface area contributed by atoms with Gasteiger partial charge in [-0.2, -0.15) is 0 Å². The lowest BCUT2D eigenvalue weighted by atomic mass is 9.89. The van der Waals surface area contributed by atoms with Gasteiger partial charge in [-0.1, -0.05) is 107 Å². The molecular formula is C51H62N2O8. The first-order chi connectivity index (χ1) is 29.8. The number of ketones is 2. The smallest absolute Gasteiger partial charge is 0.365 e. The van der Waals surface area contributed by atoms with Crippen LogP contribution >= 0.6 is 0 Å². The molecule has 10 heteroatoms. The van der Waals surface area contributed by atoms with Gasteiger partial charge < -0.3 is 19.1 Å². The molecule has 324 valence electrons. The maximum absolute atomic E-state index is 13.7. The molecule has 61 heavy (non-hydrogen) atoms. The molecule has 0 saturated carbocycles. The van der Waals surface area contributed by atoms with Gasteiger partial charge in [-0.15, -0.1) is 0 Å². The molecular weight excluding hydrogens is 769 g/mol. The van der Waals surface area contributed by atoms with E-state index in [2.05, 4.69) is 24.2 Å². The Balaban J connectivity index is 1.22. The summed E-state index contributed by atoms with van der Waals surface area (Å²) in [5.41, 5.74) is 2.18. The summed E-state index contributed by atoms with van der Waals surface area (Å²) in [4.78, 5) is 63.2. The Kier molecular flexibility index (Phi) is 21.2. The van der Waals surface area contributed by atoms with Gasteiger partial charge in [-0.3, -0.25) is 9.59 Å². The van der Waals surface area contributed by atoms with Gasteiger partial charge in [-0.25, -0.2) is 9.59 Å². The van der Waals surface area contributed by atoms with Crippen LogP contribution in [0, 0.1) is 11.8 Å². The molecule has 0 heterocycles. The molecule has 0 aliphatic rings. The molecule has 4 rings (SSSR count). The quantitative estimate of drug-likeness (QED) is 0.0182. The summed E-state index contributed by atoms with van der Waals surface area (Å²) in [5.74, 6) is -0.645. The van der Waals surface area contributed by atoms with Gasteiger partial charge in [0.25, 0.3) is 0 Å². The Labute approximate surface area is 361 Å². The lowest BCUT2D eigenvalue weighted by molar-refractivity contribution is 0.0503. The minimum absolute atomic E-state index is 0.130. The van der Waals surface area contributed by atoms with Crippen molar-refractivity contribution in [2.45, 2.75) is 111 Å². The topological polar surface area (TPSA) is 130 Å². The molecule has 4 aromatic carbocycles. The molecule has 0 radical (unpaired) electrons. The van der Waals surface area contributed by atoms with E-state index in [9.17, 15) is 19.2 Å². The van der Waals surface area contributed by atoms with E-state index in [-0.39, 0.29) is 34.8 Å². The summed E-state index contributed by atoms with van der Waals surface area (Å²) >= 11 is 0. The van der Waals surface area contributed by atoms with Crippen molar-refractivity contribution in [1.82, 2.24) is 0 Å². The van der Waals surface area contributed by atoms with Crippen LogP contribution in [0.5, 0.6) is 11.5 Å². The number of unbranched alkanes of at least 4 members (excludes halogenated alkanes) is 6. The van der Waals surface area contributed by atoms with Gasteiger partial charge >= 0.3 is 11.9 Å². The number of ether oxygens (including phenoxy) is 2. The summed E-state index contributed by atoms with van der Waals surface area (Å²) < 4.78 is 11.9. The largest absolute Gasteiger partial charge is 0.494 e. The molecule has 0 saturated heterocycles. The van der Waals surface area contributed by atoms with Gasteiger partial charge in [0.1, 0.15) is 22.9 Å². The molecule has 2 unspecified atom stereocenters. The van der Waals surface area contributed by atoms with Crippen molar-refractivity contribution in [3.63, 3.8) is 0 Å². The minimum atomic E-state index is -0.603. The third kappa shape index (κ3) is 15.9. The van der Waals surface area contributed by atoms with Crippen molar-refractivity contribution in [1.29, 1.82) is 0 Å². The van der Waals surface area contributed by atoms with E-state index in [0.717, 1.165) is 70.6 Å². The predicted octanol–water partition coefficient (Wildman–Crippen LogP) is 12.3. The highest BCUT2D eigenvalue weighted by Crippen LogP contribution is 2.23. The molecule has 0 amide bonds. The standard InChI is InChI=1S/C51H62N2O8/c1-5-9-15-23-39(8-4)47(53-61-51(57)43-26-18-14-19-27-43)49(55)41-30-34-45(35-31-41)59-37-21-12-11-20-36-58-44-32-28-40(29-33-44)48(54)46(38(7-3)22-10-6-2)52-60-50(56)42-24-16-13-17-25-42/h13-14,16-19,24-35,38-39H,5-12,15,20-23,36-37H2,1-4H3/b52-46+,53-47+. The zero-order chi connectivity index (χ0) is 43.7. The zero-order valence-electron chi connectivity index (χ0n) is 36.3. The highest BCUT2D eigenvalue weighted by Gasteiger charge is 2.26. The number of hydrogen-bond acceptors (Lipinski definition) is 10. The Bertz CT molecular complexity index is 1990. The third-order valence-electron chi connectivity index (χ3n) is 10.6. The number of benzene rings is 4. The second-order valence-electron chi connectivity index (χ2n) is 15.1. The van der Waals surface area contributed by atoms with E-state index in [4.69, 9.17) is 19.1 Å². The fourth-order valence-electron chi connectivity index (χ4n) is 6.84. The van der Waals surface area contributed by atoms with E-state index in [0.29, 0.717) is 59.8 Å². The Hall–Kier alpha value is -5.90. The van der Waals surface area contributed by atoms with Crippen LogP contribution in [0.4, 0.5) is 0 Å². The second kappa shape index (κ2) is 27.0. The summed E-state index contributed by atoms with van der Waals surface area (Å²) in [6, 6.07) is 31.3. The molecule has 0 bridgehead atoms. The van der Waals surface area contributed by atoms with Crippen LogP contribution in [0.3, 0.4) is 0 Å². The lowest BCUT2D eigenvalue weighted by Gasteiger charge is -2.16. The Morgan fingerprint density at radius 2 is 0.836 bits per heavy atom. The number of hydrogen-bond donors (Lipinski definition) is 0. The maximum atomic E-state index is 13.7. The monoisotopic (exact) mass is 830 g/mol. The summed E-state index contributed by atoms with van der Waals surface area (Å²) in [7, 11) is 0. The fraction of sp³-hybridized carbons (Fsp3) is 0.412. The van der Waals surface area contributed by atoms with Crippen molar-refractivity contribution < 1.29 is 38.3 Å². The first-order valence-corrected chi connectivity index (χ1v) is 22.0. The highest BCUT2D eigenvalue weighted by atomic mass is 16.7. The van der Waals surface area contributed by atoms with Gasteiger partial charge in [-0.05, 0) is 124 Å². The van der Waals surface area contributed by atoms with Crippen molar-refractivity contribution in [2.24, 2.45) is 22.1 Å². The van der Waals surface area contributed by atoms with Crippen LogP contribution in [0.15, 0.2) is 120 Å². The third-order valence-corrected chi connectivity index (χ3v) is 10.6. The van der Waals surface area contributed by atoms with Crippen molar-refractivity contribution >= 4 is 34.9 Å². The van der Waals surface area contributed by atoms with Crippen LogP contribution in [0.2, 0.25) is 0 Å². The summed E-state index contributed by atoms with van der Waals surface area (Å²) in [6.07, 6.45) is 11.6. The minimum Gasteiger partial charge on any atom is -0.494 e. The van der Waals surface area contributed by atoms with E-state index in [1.807, 2.05) is 26.0 Å². The number of Topliss-reactive ketones (excluding diaryl/α,β-unsaturated/α-hetero) is 2. The van der Waals surface area contributed by atoms with Crippen molar-refractivity contribution in [3.8, 4) is 11.5 Å². The van der Waals surface area contributed by atoms with Crippen LogP contribution in [-0.2, 0) is 9.68 Å². The number of oxime groups is 2. The van der Waals surface area contributed by atoms with Crippen molar-refractivity contribution in [2.75, 3.05) is 13.2 Å². The lowest BCUT2D eigenvalue weighted by Crippen LogP contribution is -2.25. The number of carbonyl (C=O) groups excluding carboxylic acids is 4. The normalized spacial score (nSPS) is 12.6. The fourth-order valence-corrected chi connectivity index (χ4v) is 6.84. The highest BCUT2D eigenvalue weighted by molar-refractivity contribution is 6.47. The van der Waals surface area contributed by atoms with E-state index in [1.165, 1.54) is 0 Å². The van der Waals surface area contributed by atoms with Gasteiger partial charge in [0, 0.05) is 23.0 Å². The average Bonchev–Trinajstić information content (AvgIpc) is 3.30. The Morgan fingerprint density at radius 1 is 0.443 bits per heavy atom. The molecule has 0 aliphatic carbocycles. The van der Waals surface area contributed by atoms with E-state index in [1.54, 1.807) is 97.1 Å². The van der Waals surface area contributed by atoms with E-state index >= 15 is 0 Å². The number of carbonyl (C=O) groups is 4. The predicted molar refractivity (Wildman–Crippen MR) is 241 cm³/mol. The molecule has 0 fully saturated rings. The summed E-state index contributed by atoms with van der Waals surface area (Å²) in [6.45, 7) is 9.34. The zero-order valence-corrected chi connectivity index (χ0v) is 36.3. The van der Waals surface area contributed by atoms with Gasteiger partial charge in [0.2, 0.25) is 11.6 Å². The molecule has 2 atom stereocenters. The second-order valence-corrected chi connectivity index (χ2v) is 15.1. The first-order valence-electron chi connectivity index (χ1n) is 22.0. The first kappa shape index (κ1) is 47.8. The van der Waals surface area contributed by atoms with Crippen LogP contribution in [0.1, 0.15) is 153 Å². The SMILES string of the molecule is CCCCCC(CC)/C(=N\OC(=O)c1ccccc1)C(=O)c1ccc(OCCCCCCOc2ccc(C(=O)/C(=N/OC(=O)c3ccccc3)C(CC)CCCC)cc2)cc1. The number of rotatable bonds is 28. The molecule has 0 aromatic heterocycles. The van der Waals surface area contributed by atoms with Gasteiger partial charge in [0.05, 0.1) is 24.3 Å². The van der Waals surface area contributed by atoms with Crippen LogP contribution < -0.4 is 9.47 Å². The molecule has 0 spiro atoms. The molecule has 0 aliphatic heterocycles. The molecule has 0 N–H and O–H groups in total. The average molecular weight is 831 g/mol.